The Morgan fingerprint density at radius 1 is 1.07 bits per heavy atom. The van der Waals surface area contributed by atoms with Crippen molar-refractivity contribution in [1.29, 1.82) is 0 Å². The van der Waals surface area contributed by atoms with Crippen molar-refractivity contribution in [1.82, 2.24) is 0 Å². The van der Waals surface area contributed by atoms with Gasteiger partial charge in [-0.25, -0.2) is 4.79 Å². The van der Waals surface area contributed by atoms with Gasteiger partial charge in [0.05, 0.1) is 15.9 Å². The molecule has 0 spiro atoms. The summed E-state index contributed by atoms with van der Waals surface area (Å²) in [7, 11) is 0. The Morgan fingerprint density at radius 3 is 2.37 bits per heavy atom. The molecular weight excluding hydrogens is 360 g/mol. The number of nitrogens with zero attached hydrogens (tertiary/aromatic N) is 2. The number of carbonyl (C=O) groups excluding carboxylic acids is 1. The van der Waals surface area contributed by atoms with Crippen LogP contribution in [0.4, 0.5) is 11.4 Å². The summed E-state index contributed by atoms with van der Waals surface area (Å²) >= 11 is 0. The molecule has 0 radical (unpaired) electrons. The SMILES string of the molecule is C[C@H](OC(=O)c1cc2c(cc1[N+](=O)[O-])OCCO2)c1cccc([N+](=O)[O-])c1. The zero-order valence-corrected chi connectivity index (χ0v) is 14.1. The second kappa shape index (κ2) is 7.28. The number of fused-ring (bicyclic) bond motifs is 1. The minimum atomic E-state index is -0.947. The molecule has 0 N–H and O–H groups in total. The molecule has 0 bridgehead atoms. The van der Waals surface area contributed by atoms with E-state index < -0.39 is 27.6 Å². The van der Waals surface area contributed by atoms with Crippen LogP contribution in [0.15, 0.2) is 36.4 Å². The third-order valence-corrected chi connectivity index (χ3v) is 3.91. The lowest BCUT2D eigenvalue weighted by molar-refractivity contribution is -0.385. The maximum absolute atomic E-state index is 12.5. The summed E-state index contributed by atoms with van der Waals surface area (Å²) in [6.45, 7) is 2.02. The number of ether oxygens (including phenoxy) is 3. The molecule has 27 heavy (non-hydrogen) atoms. The fraction of sp³-hybridized carbons (Fsp3) is 0.235. The molecule has 10 nitrogen and oxygen atoms in total. The number of hydrogen-bond acceptors (Lipinski definition) is 8. The van der Waals surface area contributed by atoms with E-state index in [0.717, 1.165) is 6.07 Å². The highest BCUT2D eigenvalue weighted by molar-refractivity contribution is 5.95. The fourth-order valence-corrected chi connectivity index (χ4v) is 2.58. The van der Waals surface area contributed by atoms with Crippen LogP contribution >= 0.6 is 0 Å². The van der Waals surface area contributed by atoms with Crippen molar-refractivity contribution in [2.75, 3.05) is 13.2 Å². The third kappa shape index (κ3) is 3.78. The number of non-ortho nitro benzene ring substituents is 1. The van der Waals surface area contributed by atoms with Gasteiger partial charge < -0.3 is 14.2 Å². The summed E-state index contributed by atoms with van der Waals surface area (Å²) in [5.74, 6) is -0.560. The summed E-state index contributed by atoms with van der Waals surface area (Å²) in [5.41, 5.74) is -0.532. The minimum absolute atomic E-state index is 0.152. The molecule has 1 aliphatic rings. The molecule has 0 amide bonds. The van der Waals surface area contributed by atoms with Crippen molar-refractivity contribution >= 4 is 17.3 Å². The molecule has 0 aromatic heterocycles. The van der Waals surface area contributed by atoms with Crippen LogP contribution in [-0.4, -0.2) is 29.0 Å². The first-order chi connectivity index (χ1) is 12.9. The minimum Gasteiger partial charge on any atom is -0.486 e. The van der Waals surface area contributed by atoms with Gasteiger partial charge in [0.15, 0.2) is 11.5 Å². The third-order valence-electron chi connectivity index (χ3n) is 3.91. The Morgan fingerprint density at radius 2 is 1.74 bits per heavy atom. The molecular formula is C17H14N2O8. The van der Waals surface area contributed by atoms with Gasteiger partial charge in [0.2, 0.25) is 0 Å². The number of benzene rings is 2. The van der Waals surface area contributed by atoms with Crippen molar-refractivity contribution < 1.29 is 28.9 Å². The zero-order valence-electron chi connectivity index (χ0n) is 14.1. The molecule has 1 heterocycles. The first kappa shape index (κ1) is 18.1. The molecule has 0 saturated heterocycles. The number of rotatable bonds is 5. The van der Waals surface area contributed by atoms with Crippen LogP contribution in [0.25, 0.3) is 0 Å². The molecule has 140 valence electrons. The van der Waals surface area contributed by atoms with Crippen LogP contribution < -0.4 is 9.47 Å². The standard InChI is InChI=1S/C17H14N2O8/c1-10(11-3-2-4-12(7-11)18(21)22)27-17(20)13-8-15-16(26-6-5-25-15)9-14(13)19(23)24/h2-4,7-10H,5-6H2,1H3/t10-/m0/s1. The number of esters is 1. The van der Waals surface area contributed by atoms with Crippen LogP contribution in [0.2, 0.25) is 0 Å². The van der Waals surface area contributed by atoms with Gasteiger partial charge in [0.25, 0.3) is 11.4 Å². The first-order valence-corrected chi connectivity index (χ1v) is 7.90. The van der Waals surface area contributed by atoms with Gasteiger partial charge in [-0.05, 0) is 12.5 Å². The quantitative estimate of drug-likeness (QED) is 0.443. The molecule has 2 aromatic carbocycles. The van der Waals surface area contributed by atoms with E-state index in [-0.39, 0.29) is 36.0 Å². The van der Waals surface area contributed by atoms with Gasteiger partial charge in [0.1, 0.15) is 24.9 Å². The second-order valence-corrected chi connectivity index (χ2v) is 5.67. The second-order valence-electron chi connectivity index (χ2n) is 5.67. The lowest BCUT2D eigenvalue weighted by Gasteiger charge is -2.19. The van der Waals surface area contributed by atoms with Crippen LogP contribution in [0.3, 0.4) is 0 Å². The molecule has 0 unspecified atom stereocenters. The Kier molecular flexibility index (Phi) is 4.88. The monoisotopic (exact) mass is 374 g/mol. The molecule has 1 atom stereocenters. The van der Waals surface area contributed by atoms with Gasteiger partial charge >= 0.3 is 5.97 Å². The Hall–Kier alpha value is -3.69. The average Bonchev–Trinajstić information content (AvgIpc) is 2.66. The molecule has 3 rings (SSSR count). The van der Waals surface area contributed by atoms with E-state index in [0.29, 0.717) is 5.56 Å². The number of nitro groups is 2. The van der Waals surface area contributed by atoms with Crippen molar-refractivity contribution in [3.63, 3.8) is 0 Å². The topological polar surface area (TPSA) is 131 Å². The van der Waals surface area contributed by atoms with Crippen molar-refractivity contribution in [3.05, 3.63) is 67.8 Å². The van der Waals surface area contributed by atoms with Crippen LogP contribution in [0.1, 0.15) is 28.9 Å². The van der Waals surface area contributed by atoms with Gasteiger partial charge in [-0.2, -0.15) is 0 Å². The maximum Gasteiger partial charge on any atom is 0.345 e. The van der Waals surface area contributed by atoms with Crippen LogP contribution in [0.5, 0.6) is 11.5 Å². The zero-order chi connectivity index (χ0) is 19.6. The van der Waals surface area contributed by atoms with Gasteiger partial charge in [-0.3, -0.25) is 20.2 Å². The van der Waals surface area contributed by atoms with E-state index in [1.165, 1.54) is 31.2 Å². The van der Waals surface area contributed by atoms with Crippen LogP contribution in [0, 0.1) is 20.2 Å². The first-order valence-electron chi connectivity index (χ1n) is 7.90. The van der Waals surface area contributed by atoms with Gasteiger partial charge in [-0.15, -0.1) is 0 Å². The predicted octanol–water partition coefficient (Wildman–Crippen LogP) is 3.19. The van der Waals surface area contributed by atoms with E-state index in [1.54, 1.807) is 6.07 Å². The van der Waals surface area contributed by atoms with Gasteiger partial charge in [-0.1, -0.05) is 12.1 Å². The summed E-state index contributed by atoms with van der Waals surface area (Å²) in [6, 6.07) is 7.92. The summed E-state index contributed by atoms with van der Waals surface area (Å²) in [6.07, 6.45) is -0.856. The number of carbonyl (C=O) groups is 1. The molecule has 0 saturated carbocycles. The number of nitro benzene ring substituents is 2. The molecule has 1 aliphatic heterocycles. The molecule has 10 heteroatoms. The molecule has 2 aromatic rings. The Bertz CT molecular complexity index is 927. The summed E-state index contributed by atoms with van der Waals surface area (Å²) in [5, 5.41) is 22.2. The number of hydrogen-bond donors (Lipinski definition) is 0. The van der Waals surface area contributed by atoms with Crippen LogP contribution in [-0.2, 0) is 4.74 Å². The normalized spacial score (nSPS) is 13.5. The average molecular weight is 374 g/mol. The lowest BCUT2D eigenvalue weighted by Crippen LogP contribution is -2.17. The van der Waals surface area contributed by atoms with E-state index >= 15 is 0 Å². The fourth-order valence-electron chi connectivity index (χ4n) is 2.58. The Labute approximate surface area is 152 Å². The molecule has 0 fully saturated rings. The van der Waals surface area contributed by atoms with Crippen molar-refractivity contribution in [2.24, 2.45) is 0 Å². The predicted molar refractivity (Wildman–Crippen MR) is 91.0 cm³/mol. The van der Waals surface area contributed by atoms with Crippen molar-refractivity contribution in [2.45, 2.75) is 13.0 Å². The van der Waals surface area contributed by atoms with Crippen molar-refractivity contribution in [3.8, 4) is 11.5 Å². The maximum atomic E-state index is 12.5. The largest absolute Gasteiger partial charge is 0.486 e. The van der Waals surface area contributed by atoms with E-state index in [1.807, 2.05) is 0 Å². The van der Waals surface area contributed by atoms with E-state index in [2.05, 4.69) is 0 Å². The Balaban J connectivity index is 1.88. The van der Waals surface area contributed by atoms with E-state index in [9.17, 15) is 25.0 Å². The summed E-state index contributed by atoms with van der Waals surface area (Å²) in [4.78, 5) is 33.4. The highest BCUT2D eigenvalue weighted by atomic mass is 16.6. The van der Waals surface area contributed by atoms with Gasteiger partial charge in [0, 0.05) is 18.2 Å². The lowest BCUT2D eigenvalue weighted by atomic mass is 10.1. The molecule has 0 aliphatic carbocycles. The highest BCUT2D eigenvalue weighted by Gasteiger charge is 2.28. The smallest absolute Gasteiger partial charge is 0.345 e. The highest BCUT2D eigenvalue weighted by Crippen LogP contribution is 2.37. The summed E-state index contributed by atoms with van der Waals surface area (Å²) < 4.78 is 15.9. The van der Waals surface area contributed by atoms with E-state index in [4.69, 9.17) is 14.2 Å².